The number of halogens is 1. The summed E-state index contributed by atoms with van der Waals surface area (Å²) < 4.78 is 25.3. The summed E-state index contributed by atoms with van der Waals surface area (Å²) >= 11 is 0. The Kier molecular flexibility index (Phi) is 3.08. The second-order valence-corrected chi connectivity index (χ2v) is 6.15. The highest BCUT2D eigenvalue weighted by Gasteiger charge is 2.54. The van der Waals surface area contributed by atoms with Gasteiger partial charge in [0.15, 0.2) is 0 Å². The maximum absolute atomic E-state index is 13.4. The summed E-state index contributed by atoms with van der Waals surface area (Å²) in [5.74, 6) is 0.227. The lowest BCUT2D eigenvalue weighted by Gasteiger charge is -2.32. The number of rotatable bonds is 1. The van der Waals surface area contributed by atoms with Gasteiger partial charge in [0.25, 0.3) is 0 Å². The average Bonchev–Trinajstić information content (AvgIpc) is 2.36. The topological polar surface area (TPSA) is 18.5 Å². The Bertz CT molecular complexity index is 252. The summed E-state index contributed by atoms with van der Waals surface area (Å²) in [6, 6.07) is 0. The van der Waals surface area contributed by atoms with Crippen LogP contribution in [0.4, 0.5) is 4.39 Å². The number of hydrogen-bond donors (Lipinski definition) is 0. The number of alkyl halides is 1. The molecule has 0 aromatic rings. The zero-order valence-electron chi connectivity index (χ0n) is 10.8. The summed E-state index contributed by atoms with van der Waals surface area (Å²) in [6.45, 7) is 8.18. The molecule has 2 unspecified atom stereocenters. The smallest absolute Gasteiger partial charge is 0.403 e. The highest BCUT2D eigenvalue weighted by Crippen LogP contribution is 2.44. The van der Waals surface area contributed by atoms with Crippen molar-refractivity contribution in [2.45, 2.75) is 76.6 Å². The highest BCUT2D eigenvalue weighted by molar-refractivity contribution is 6.47. The largest absolute Gasteiger partial charge is 0.461 e. The minimum absolute atomic E-state index is 0.219. The lowest BCUT2D eigenvalue weighted by Crippen LogP contribution is -2.41. The molecule has 0 N–H and O–H groups in total. The predicted octanol–water partition coefficient (Wildman–Crippen LogP) is 3.36. The van der Waals surface area contributed by atoms with Gasteiger partial charge < -0.3 is 9.31 Å². The molecule has 16 heavy (non-hydrogen) atoms. The molecule has 4 heteroatoms. The third kappa shape index (κ3) is 2.14. The summed E-state index contributed by atoms with van der Waals surface area (Å²) in [5, 5.41) is 0. The van der Waals surface area contributed by atoms with Crippen molar-refractivity contribution in [3.8, 4) is 0 Å². The Morgan fingerprint density at radius 3 is 2.12 bits per heavy atom. The predicted molar refractivity (Wildman–Crippen MR) is 63.2 cm³/mol. The molecule has 92 valence electrons. The Balaban J connectivity index is 2.02. The fourth-order valence-corrected chi connectivity index (χ4v) is 2.49. The summed E-state index contributed by atoms with van der Waals surface area (Å²) in [4.78, 5) is 0. The van der Waals surface area contributed by atoms with E-state index in [2.05, 4.69) is 0 Å². The Labute approximate surface area is 98.0 Å². The van der Waals surface area contributed by atoms with Crippen LogP contribution in [0.2, 0.25) is 5.82 Å². The van der Waals surface area contributed by atoms with Crippen LogP contribution in [0.15, 0.2) is 0 Å². The molecule has 1 aliphatic heterocycles. The average molecular weight is 228 g/mol. The van der Waals surface area contributed by atoms with Crippen LogP contribution in [0.3, 0.4) is 0 Å². The second-order valence-electron chi connectivity index (χ2n) is 6.15. The van der Waals surface area contributed by atoms with Gasteiger partial charge in [-0.25, -0.2) is 4.39 Å². The van der Waals surface area contributed by atoms with E-state index in [9.17, 15) is 4.39 Å². The van der Waals surface area contributed by atoms with Crippen LogP contribution in [0.5, 0.6) is 0 Å². The standard InChI is InChI=1S/C12H22BFO2/c1-11(2)12(3,4)16-13(15-11)9-6-5-7-10(14)8-9/h9-10H,5-8H2,1-4H3. The first-order valence-corrected chi connectivity index (χ1v) is 6.31. The number of hydrogen-bond acceptors (Lipinski definition) is 2. The molecule has 2 rings (SSSR count). The van der Waals surface area contributed by atoms with Crippen LogP contribution in [-0.2, 0) is 9.31 Å². The van der Waals surface area contributed by atoms with Crippen molar-refractivity contribution in [3.63, 3.8) is 0 Å². The van der Waals surface area contributed by atoms with E-state index in [4.69, 9.17) is 9.31 Å². The molecule has 2 aliphatic rings. The Hall–Kier alpha value is -0.0851. The van der Waals surface area contributed by atoms with Gasteiger partial charge in [0.2, 0.25) is 0 Å². The molecule has 2 nitrogen and oxygen atoms in total. The van der Waals surface area contributed by atoms with Crippen LogP contribution in [0.25, 0.3) is 0 Å². The SMILES string of the molecule is CC1(C)OB(C2CCCC(F)C2)OC1(C)C. The van der Waals surface area contributed by atoms with E-state index in [-0.39, 0.29) is 24.1 Å². The van der Waals surface area contributed by atoms with E-state index in [1.165, 1.54) is 0 Å². The van der Waals surface area contributed by atoms with Crippen LogP contribution in [-0.4, -0.2) is 24.5 Å². The first-order valence-electron chi connectivity index (χ1n) is 6.31. The molecule has 1 saturated carbocycles. The maximum Gasteiger partial charge on any atom is 0.461 e. The summed E-state index contributed by atoms with van der Waals surface area (Å²) in [5.41, 5.74) is -0.582. The molecule has 0 radical (unpaired) electrons. The lowest BCUT2D eigenvalue weighted by atomic mass is 9.64. The lowest BCUT2D eigenvalue weighted by molar-refractivity contribution is 0.00578. The van der Waals surface area contributed by atoms with Crippen molar-refractivity contribution in [2.75, 3.05) is 0 Å². The molecule has 0 aromatic carbocycles. The minimum Gasteiger partial charge on any atom is -0.403 e. The van der Waals surface area contributed by atoms with Gasteiger partial charge in [-0.15, -0.1) is 0 Å². The molecular formula is C12H22BFO2. The molecule has 0 aromatic heterocycles. The summed E-state index contributed by atoms with van der Waals surface area (Å²) in [6.07, 6.45) is 2.61. The van der Waals surface area contributed by atoms with Gasteiger partial charge in [0.1, 0.15) is 0 Å². The molecule has 0 bridgehead atoms. The van der Waals surface area contributed by atoms with Gasteiger partial charge in [-0.1, -0.05) is 12.8 Å². The van der Waals surface area contributed by atoms with Crippen molar-refractivity contribution in [1.29, 1.82) is 0 Å². The van der Waals surface area contributed by atoms with Gasteiger partial charge in [-0.05, 0) is 46.4 Å². The van der Waals surface area contributed by atoms with Crippen molar-refractivity contribution in [3.05, 3.63) is 0 Å². The van der Waals surface area contributed by atoms with E-state index >= 15 is 0 Å². The van der Waals surface area contributed by atoms with Gasteiger partial charge in [0.05, 0.1) is 17.4 Å². The van der Waals surface area contributed by atoms with Gasteiger partial charge >= 0.3 is 7.12 Å². The first-order chi connectivity index (χ1) is 7.32. The van der Waals surface area contributed by atoms with Crippen molar-refractivity contribution in [1.82, 2.24) is 0 Å². The zero-order chi connectivity index (χ0) is 12.0. The molecule has 1 aliphatic carbocycles. The minimum atomic E-state index is -0.669. The molecule has 0 amide bonds. The van der Waals surface area contributed by atoms with Gasteiger partial charge in [0, 0.05) is 0 Å². The Morgan fingerprint density at radius 1 is 1.06 bits per heavy atom. The molecular weight excluding hydrogens is 206 g/mol. The van der Waals surface area contributed by atoms with E-state index in [1.54, 1.807) is 0 Å². The van der Waals surface area contributed by atoms with Crippen LogP contribution in [0.1, 0.15) is 53.4 Å². The monoisotopic (exact) mass is 228 g/mol. The van der Waals surface area contributed by atoms with E-state index < -0.39 is 6.17 Å². The van der Waals surface area contributed by atoms with E-state index in [0.29, 0.717) is 12.8 Å². The third-order valence-corrected chi connectivity index (χ3v) is 4.31. The molecule has 1 heterocycles. The highest BCUT2D eigenvalue weighted by atomic mass is 19.1. The van der Waals surface area contributed by atoms with Crippen molar-refractivity contribution >= 4 is 7.12 Å². The third-order valence-electron chi connectivity index (χ3n) is 4.31. The molecule has 2 fully saturated rings. The maximum atomic E-state index is 13.4. The van der Waals surface area contributed by atoms with Crippen molar-refractivity contribution < 1.29 is 13.7 Å². The molecule has 1 saturated heterocycles. The molecule has 2 atom stereocenters. The fraction of sp³-hybridized carbons (Fsp3) is 1.00. The van der Waals surface area contributed by atoms with E-state index in [0.717, 1.165) is 12.8 Å². The van der Waals surface area contributed by atoms with Crippen molar-refractivity contribution in [2.24, 2.45) is 0 Å². The normalized spacial score (nSPS) is 37.7. The first kappa shape index (κ1) is 12.4. The second kappa shape index (κ2) is 3.99. The van der Waals surface area contributed by atoms with E-state index in [1.807, 2.05) is 27.7 Å². The Morgan fingerprint density at radius 2 is 1.62 bits per heavy atom. The van der Waals surface area contributed by atoms with Gasteiger partial charge in [-0.3, -0.25) is 0 Å². The fourth-order valence-electron chi connectivity index (χ4n) is 2.49. The zero-order valence-corrected chi connectivity index (χ0v) is 10.8. The van der Waals surface area contributed by atoms with Crippen LogP contribution in [0, 0.1) is 0 Å². The summed E-state index contributed by atoms with van der Waals surface area (Å²) in [7, 11) is -0.219. The van der Waals surface area contributed by atoms with Crippen LogP contribution < -0.4 is 0 Å². The van der Waals surface area contributed by atoms with Crippen LogP contribution >= 0.6 is 0 Å². The quantitative estimate of drug-likeness (QED) is 0.640. The van der Waals surface area contributed by atoms with Gasteiger partial charge in [-0.2, -0.15) is 0 Å². The molecule has 0 spiro atoms.